The second kappa shape index (κ2) is 12.5. The first kappa shape index (κ1) is 30.0. The van der Waals surface area contributed by atoms with Crippen molar-refractivity contribution in [1.82, 2.24) is 0 Å². The van der Waals surface area contributed by atoms with E-state index in [2.05, 4.69) is 205 Å². The molecule has 0 saturated heterocycles. The number of fused-ring (bicyclic) bond motifs is 6. The largest absolute Gasteiger partial charge is 0.455 e. The lowest BCUT2D eigenvalue weighted by atomic mass is 9.95. The SMILES string of the molecule is c1ccc(-c2ccccc2N(c2ccc(-c3cccc4ccccc34)cc2)c2ccccc2-c2cccc3oc4c5ccccc5ccc4c23)cc1. The zero-order chi connectivity index (χ0) is 34.4. The van der Waals surface area contributed by atoms with Crippen LogP contribution < -0.4 is 4.90 Å². The summed E-state index contributed by atoms with van der Waals surface area (Å²) in [4.78, 5) is 2.42. The lowest BCUT2D eigenvalue weighted by molar-refractivity contribution is 0.673. The van der Waals surface area contributed by atoms with Crippen molar-refractivity contribution in [2.24, 2.45) is 0 Å². The molecule has 10 aromatic rings. The topological polar surface area (TPSA) is 16.4 Å². The third-order valence-electron chi connectivity index (χ3n) is 10.3. The van der Waals surface area contributed by atoms with Gasteiger partial charge >= 0.3 is 0 Å². The molecular formula is C50H33NO. The molecule has 0 bridgehead atoms. The van der Waals surface area contributed by atoms with Crippen molar-refractivity contribution in [2.45, 2.75) is 0 Å². The molecule has 9 aromatic carbocycles. The predicted molar refractivity (Wildman–Crippen MR) is 220 cm³/mol. The molecular weight excluding hydrogens is 631 g/mol. The Morgan fingerprint density at radius 2 is 0.885 bits per heavy atom. The van der Waals surface area contributed by atoms with Crippen LogP contribution in [0.4, 0.5) is 17.1 Å². The maximum atomic E-state index is 6.65. The molecule has 0 aliphatic carbocycles. The van der Waals surface area contributed by atoms with E-state index < -0.39 is 0 Å². The van der Waals surface area contributed by atoms with E-state index in [1.54, 1.807) is 0 Å². The summed E-state index contributed by atoms with van der Waals surface area (Å²) in [5.74, 6) is 0. The molecule has 0 aliphatic rings. The fourth-order valence-electron chi connectivity index (χ4n) is 7.88. The van der Waals surface area contributed by atoms with Crippen LogP contribution in [0.25, 0.3) is 76.9 Å². The average Bonchev–Trinajstić information content (AvgIpc) is 3.62. The van der Waals surface area contributed by atoms with Gasteiger partial charge in [-0.3, -0.25) is 0 Å². The summed E-state index contributed by atoms with van der Waals surface area (Å²) >= 11 is 0. The van der Waals surface area contributed by atoms with E-state index in [1.165, 1.54) is 32.8 Å². The number of hydrogen-bond donors (Lipinski definition) is 0. The van der Waals surface area contributed by atoms with Gasteiger partial charge in [-0.2, -0.15) is 0 Å². The Labute approximate surface area is 302 Å². The number of hydrogen-bond acceptors (Lipinski definition) is 2. The van der Waals surface area contributed by atoms with Crippen LogP contribution in [0.15, 0.2) is 205 Å². The fraction of sp³-hybridized carbons (Fsp3) is 0. The smallest absolute Gasteiger partial charge is 0.143 e. The normalized spacial score (nSPS) is 11.5. The van der Waals surface area contributed by atoms with Crippen molar-refractivity contribution in [1.29, 1.82) is 0 Å². The molecule has 0 radical (unpaired) electrons. The van der Waals surface area contributed by atoms with E-state index in [9.17, 15) is 0 Å². The van der Waals surface area contributed by atoms with Gasteiger partial charge in [0.15, 0.2) is 0 Å². The predicted octanol–water partition coefficient (Wildman–Crippen LogP) is 14.4. The van der Waals surface area contributed by atoms with Crippen molar-refractivity contribution in [3.63, 3.8) is 0 Å². The van der Waals surface area contributed by atoms with Crippen molar-refractivity contribution >= 4 is 60.5 Å². The van der Waals surface area contributed by atoms with Gasteiger partial charge < -0.3 is 9.32 Å². The zero-order valence-corrected chi connectivity index (χ0v) is 28.4. The van der Waals surface area contributed by atoms with Crippen molar-refractivity contribution in [3.8, 4) is 33.4 Å². The lowest BCUT2D eigenvalue weighted by Gasteiger charge is -2.30. The number of nitrogens with zero attached hydrogens (tertiary/aromatic N) is 1. The van der Waals surface area contributed by atoms with E-state index in [1.807, 2.05) is 0 Å². The Kier molecular flexibility index (Phi) is 7.18. The molecule has 52 heavy (non-hydrogen) atoms. The van der Waals surface area contributed by atoms with Gasteiger partial charge in [-0.05, 0) is 74.8 Å². The summed E-state index contributed by atoms with van der Waals surface area (Å²) < 4.78 is 6.65. The molecule has 244 valence electrons. The first-order chi connectivity index (χ1) is 25.8. The Balaban J connectivity index is 1.20. The number of benzene rings is 9. The summed E-state index contributed by atoms with van der Waals surface area (Å²) in [6.45, 7) is 0. The maximum Gasteiger partial charge on any atom is 0.143 e. The first-order valence-electron chi connectivity index (χ1n) is 17.8. The van der Waals surface area contributed by atoms with E-state index in [-0.39, 0.29) is 0 Å². The van der Waals surface area contributed by atoms with Gasteiger partial charge in [-0.15, -0.1) is 0 Å². The minimum atomic E-state index is 0.884. The molecule has 0 saturated carbocycles. The van der Waals surface area contributed by atoms with Gasteiger partial charge in [0.1, 0.15) is 11.2 Å². The molecule has 2 heteroatoms. The third kappa shape index (κ3) is 4.96. The molecule has 0 fully saturated rings. The van der Waals surface area contributed by atoms with Gasteiger partial charge in [0, 0.05) is 33.0 Å². The summed E-state index contributed by atoms with van der Waals surface area (Å²) in [6, 6.07) is 71.6. The van der Waals surface area contributed by atoms with Crippen LogP contribution in [-0.4, -0.2) is 0 Å². The summed E-state index contributed by atoms with van der Waals surface area (Å²) in [6.07, 6.45) is 0. The van der Waals surface area contributed by atoms with Crippen molar-refractivity contribution < 1.29 is 4.42 Å². The van der Waals surface area contributed by atoms with Gasteiger partial charge in [0.2, 0.25) is 0 Å². The van der Waals surface area contributed by atoms with E-state index >= 15 is 0 Å². The minimum absolute atomic E-state index is 0.884. The Morgan fingerprint density at radius 3 is 1.69 bits per heavy atom. The zero-order valence-electron chi connectivity index (χ0n) is 28.4. The molecule has 0 N–H and O–H groups in total. The third-order valence-corrected chi connectivity index (χ3v) is 10.3. The van der Waals surface area contributed by atoms with Crippen LogP contribution >= 0.6 is 0 Å². The molecule has 2 nitrogen and oxygen atoms in total. The second-order valence-corrected chi connectivity index (χ2v) is 13.3. The fourth-order valence-corrected chi connectivity index (χ4v) is 7.88. The standard InChI is InChI=1S/C50H33NO/c1-2-14-35(15-3-1)41-20-8-10-25-46(41)51(38-31-28-37(29-32-38)40-23-12-18-34-16-4-6-19-39(34)40)47-26-11-9-22-43(47)44-24-13-27-48-49(44)45-33-30-36-17-5-7-21-42(36)50(45)52-48/h1-33H. The monoisotopic (exact) mass is 663 g/mol. The first-order valence-corrected chi connectivity index (χ1v) is 17.8. The highest BCUT2D eigenvalue weighted by Gasteiger charge is 2.23. The molecule has 0 spiro atoms. The van der Waals surface area contributed by atoms with Crippen LogP contribution in [-0.2, 0) is 0 Å². The van der Waals surface area contributed by atoms with E-state index in [0.717, 1.165) is 61.1 Å². The minimum Gasteiger partial charge on any atom is -0.455 e. The molecule has 1 heterocycles. The maximum absolute atomic E-state index is 6.65. The Bertz CT molecular complexity index is 2900. The number of furan rings is 1. The van der Waals surface area contributed by atoms with Gasteiger partial charge in [-0.25, -0.2) is 0 Å². The van der Waals surface area contributed by atoms with Gasteiger partial charge in [0.25, 0.3) is 0 Å². The second-order valence-electron chi connectivity index (χ2n) is 13.3. The average molecular weight is 664 g/mol. The van der Waals surface area contributed by atoms with Crippen molar-refractivity contribution in [2.75, 3.05) is 4.90 Å². The lowest BCUT2D eigenvalue weighted by Crippen LogP contribution is -2.12. The van der Waals surface area contributed by atoms with Crippen LogP contribution in [0.2, 0.25) is 0 Å². The molecule has 0 aliphatic heterocycles. The van der Waals surface area contributed by atoms with Crippen LogP contribution in [0.3, 0.4) is 0 Å². The Hall–Kier alpha value is -6.90. The highest BCUT2D eigenvalue weighted by molar-refractivity contribution is 6.19. The van der Waals surface area contributed by atoms with Crippen molar-refractivity contribution in [3.05, 3.63) is 200 Å². The number of anilines is 3. The Morgan fingerprint density at radius 1 is 0.327 bits per heavy atom. The summed E-state index contributed by atoms with van der Waals surface area (Å²) in [7, 11) is 0. The van der Waals surface area contributed by atoms with Crippen LogP contribution in [0.5, 0.6) is 0 Å². The van der Waals surface area contributed by atoms with E-state index in [0.29, 0.717) is 0 Å². The number of rotatable bonds is 6. The van der Waals surface area contributed by atoms with Gasteiger partial charge in [0.05, 0.1) is 11.4 Å². The van der Waals surface area contributed by atoms with E-state index in [4.69, 9.17) is 4.42 Å². The van der Waals surface area contributed by atoms with Gasteiger partial charge in [-0.1, -0.05) is 164 Å². The molecule has 10 rings (SSSR count). The quantitative estimate of drug-likeness (QED) is 0.176. The molecule has 0 amide bonds. The summed E-state index contributed by atoms with van der Waals surface area (Å²) in [5, 5.41) is 7.04. The van der Waals surface area contributed by atoms with Crippen LogP contribution in [0.1, 0.15) is 0 Å². The molecule has 0 atom stereocenters. The molecule has 1 aromatic heterocycles. The highest BCUT2D eigenvalue weighted by Crippen LogP contribution is 2.47. The van der Waals surface area contributed by atoms with Crippen LogP contribution in [0, 0.1) is 0 Å². The number of para-hydroxylation sites is 2. The highest BCUT2D eigenvalue weighted by atomic mass is 16.3. The molecule has 0 unspecified atom stereocenters. The summed E-state index contributed by atoms with van der Waals surface area (Å²) in [5.41, 5.74) is 12.1.